The van der Waals surface area contributed by atoms with Crippen LogP contribution in [0.2, 0.25) is 0 Å². The van der Waals surface area contributed by atoms with E-state index in [1.807, 2.05) is 6.92 Å². The van der Waals surface area contributed by atoms with E-state index in [2.05, 4.69) is 6.58 Å². The van der Waals surface area contributed by atoms with E-state index in [9.17, 15) is 8.78 Å². The third kappa shape index (κ3) is 6.11. The summed E-state index contributed by atoms with van der Waals surface area (Å²) in [7, 11) is 0. The number of benzene rings is 3. The molecule has 0 saturated heterocycles. The molecule has 3 nitrogen and oxygen atoms in total. The molecule has 1 saturated carbocycles. The lowest BCUT2D eigenvalue weighted by molar-refractivity contribution is 0.0130. The molecular weight excluding hydrogens is 465 g/mol. The number of hydrogen-bond acceptors (Lipinski definition) is 3. The molecule has 0 spiro atoms. The lowest BCUT2D eigenvalue weighted by atomic mass is 9.82. The Labute approximate surface area is 210 Å². The Bertz CT molecular complexity index is 1170. The Kier molecular flexibility index (Phi) is 8.70. The number of ether oxygens (including phenoxy) is 3. The van der Waals surface area contributed by atoms with Crippen LogP contribution in [-0.2, 0) is 11.3 Å². The number of halogens is 3. The highest BCUT2D eigenvalue weighted by atomic mass is 19.2. The molecule has 0 amide bonds. The highest BCUT2D eigenvalue weighted by molar-refractivity contribution is 5.65. The summed E-state index contributed by atoms with van der Waals surface area (Å²) in [5, 5.41) is 0. The first-order valence-corrected chi connectivity index (χ1v) is 12.3. The van der Waals surface area contributed by atoms with Crippen molar-refractivity contribution in [2.45, 2.75) is 51.2 Å². The standard InChI is InChI=1S/C30H31F3O3/c1-3-17-35-28-16-5-20(18-27(28)31)19-36-24-12-8-22(9-13-24)26-15-14-25(29(32)30(26)33)21-6-10-23(11-7-21)34-4-2/h3,5-7,10-11,14-16,18,22,24H,1,4,8-9,12-13,17,19H2,2H3. The Morgan fingerprint density at radius 3 is 2.31 bits per heavy atom. The molecule has 0 heterocycles. The molecule has 0 radical (unpaired) electrons. The lowest BCUT2D eigenvalue weighted by Crippen LogP contribution is -2.21. The average molecular weight is 497 g/mol. The zero-order valence-electron chi connectivity index (χ0n) is 20.4. The van der Waals surface area contributed by atoms with E-state index in [0.29, 0.717) is 36.3 Å². The first kappa shape index (κ1) is 25.8. The van der Waals surface area contributed by atoms with Crippen molar-refractivity contribution in [2.24, 2.45) is 0 Å². The van der Waals surface area contributed by atoms with Crippen LogP contribution < -0.4 is 9.47 Å². The molecule has 190 valence electrons. The fourth-order valence-corrected chi connectivity index (χ4v) is 4.65. The van der Waals surface area contributed by atoms with Crippen LogP contribution >= 0.6 is 0 Å². The van der Waals surface area contributed by atoms with Gasteiger partial charge < -0.3 is 14.2 Å². The number of hydrogen-bond donors (Lipinski definition) is 0. The molecule has 0 aliphatic heterocycles. The second-order valence-corrected chi connectivity index (χ2v) is 8.94. The maximum absolute atomic E-state index is 15.1. The van der Waals surface area contributed by atoms with Crippen LogP contribution in [0.25, 0.3) is 11.1 Å². The van der Waals surface area contributed by atoms with Crippen LogP contribution in [0, 0.1) is 17.5 Å². The summed E-state index contributed by atoms with van der Waals surface area (Å²) in [6, 6.07) is 15.1. The second kappa shape index (κ2) is 12.1. The van der Waals surface area contributed by atoms with E-state index in [0.717, 1.165) is 18.4 Å². The van der Waals surface area contributed by atoms with Gasteiger partial charge in [0.05, 0.1) is 19.3 Å². The summed E-state index contributed by atoms with van der Waals surface area (Å²) in [6.07, 6.45) is 4.42. The summed E-state index contributed by atoms with van der Waals surface area (Å²) in [5.41, 5.74) is 1.98. The Balaban J connectivity index is 1.33. The second-order valence-electron chi connectivity index (χ2n) is 8.94. The lowest BCUT2D eigenvalue weighted by Gasteiger charge is -2.29. The van der Waals surface area contributed by atoms with Gasteiger partial charge in [-0.05, 0) is 79.5 Å². The topological polar surface area (TPSA) is 27.7 Å². The first-order valence-electron chi connectivity index (χ1n) is 12.3. The first-order chi connectivity index (χ1) is 17.5. The minimum absolute atomic E-state index is 0.00274. The molecule has 6 heteroatoms. The minimum atomic E-state index is -0.822. The quantitative estimate of drug-likeness (QED) is 0.266. The fraction of sp³-hybridized carbons (Fsp3) is 0.333. The zero-order chi connectivity index (χ0) is 25.5. The summed E-state index contributed by atoms with van der Waals surface area (Å²) < 4.78 is 60.9. The summed E-state index contributed by atoms with van der Waals surface area (Å²) in [4.78, 5) is 0. The molecule has 1 aliphatic carbocycles. The largest absolute Gasteiger partial charge is 0.494 e. The van der Waals surface area contributed by atoms with Crippen LogP contribution in [0.5, 0.6) is 11.5 Å². The van der Waals surface area contributed by atoms with E-state index < -0.39 is 17.5 Å². The Morgan fingerprint density at radius 2 is 1.64 bits per heavy atom. The molecule has 0 atom stereocenters. The molecule has 3 aromatic carbocycles. The predicted molar refractivity (Wildman–Crippen MR) is 135 cm³/mol. The van der Waals surface area contributed by atoms with Gasteiger partial charge in [0.25, 0.3) is 0 Å². The summed E-state index contributed by atoms with van der Waals surface area (Å²) >= 11 is 0. The Hall–Kier alpha value is -3.25. The van der Waals surface area contributed by atoms with Crippen molar-refractivity contribution in [1.82, 2.24) is 0 Å². The molecule has 0 unspecified atom stereocenters. The van der Waals surface area contributed by atoms with Crippen LogP contribution in [0.15, 0.2) is 67.3 Å². The van der Waals surface area contributed by atoms with E-state index in [1.54, 1.807) is 54.6 Å². The fourth-order valence-electron chi connectivity index (χ4n) is 4.65. The molecule has 1 aliphatic rings. The van der Waals surface area contributed by atoms with E-state index in [1.165, 1.54) is 6.07 Å². The van der Waals surface area contributed by atoms with Crippen molar-refractivity contribution in [3.63, 3.8) is 0 Å². The monoisotopic (exact) mass is 496 g/mol. The highest BCUT2D eigenvalue weighted by Gasteiger charge is 2.27. The van der Waals surface area contributed by atoms with Crippen LogP contribution in [0.3, 0.4) is 0 Å². The predicted octanol–water partition coefficient (Wildman–Crippen LogP) is 7.98. The molecule has 3 aromatic rings. The van der Waals surface area contributed by atoms with Crippen molar-refractivity contribution in [2.75, 3.05) is 13.2 Å². The van der Waals surface area contributed by atoms with Gasteiger partial charge in [-0.3, -0.25) is 0 Å². The summed E-state index contributed by atoms with van der Waals surface area (Å²) in [6.45, 7) is 6.51. The molecule has 4 rings (SSSR count). The molecular formula is C30H31F3O3. The van der Waals surface area contributed by atoms with Gasteiger partial charge in [0.15, 0.2) is 23.2 Å². The van der Waals surface area contributed by atoms with Gasteiger partial charge in [-0.25, -0.2) is 13.2 Å². The van der Waals surface area contributed by atoms with Crippen molar-refractivity contribution in [3.05, 3.63) is 95.8 Å². The van der Waals surface area contributed by atoms with Gasteiger partial charge in [-0.15, -0.1) is 0 Å². The van der Waals surface area contributed by atoms with Crippen LogP contribution in [-0.4, -0.2) is 19.3 Å². The van der Waals surface area contributed by atoms with Crippen molar-refractivity contribution >= 4 is 0 Å². The van der Waals surface area contributed by atoms with E-state index in [4.69, 9.17) is 14.2 Å². The zero-order valence-corrected chi connectivity index (χ0v) is 20.4. The van der Waals surface area contributed by atoms with Crippen molar-refractivity contribution in [3.8, 4) is 22.6 Å². The van der Waals surface area contributed by atoms with Gasteiger partial charge in [0, 0.05) is 5.56 Å². The molecule has 1 fully saturated rings. The smallest absolute Gasteiger partial charge is 0.166 e. The third-order valence-corrected chi connectivity index (χ3v) is 6.54. The van der Waals surface area contributed by atoms with Gasteiger partial charge in [0.2, 0.25) is 0 Å². The summed E-state index contributed by atoms with van der Waals surface area (Å²) in [5.74, 6) is -1.22. The van der Waals surface area contributed by atoms with Gasteiger partial charge in [0.1, 0.15) is 12.4 Å². The molecule has 0 bridgehead atoms. The van der Waals surface area contributed by atoms with Crippen LogP contribution in [0.4, 0.5) is 13.2 Å². The van der Waals surface area contributed by atoms with E-state index >= 15 is 4.39 Å². The third-order valence-electron chi connectivity index (χ3n) is 6.54. The van der Waals surface area contributed by atoms with Crippen molar-refractivity contribution < 1.29 is 27.4 Å². The SMILES string of the molecule is C=CCOc1ccc(COC2CCC(c3ccc(-c4ccc(OCC)cc4)c(F)c3F)CC2)cc1F. The van der Waals surface area contributed by atoms with Gasteiger partial charge >= 0.3 is 0 Å². The van der Waals surface area contributed by atoms with Gasteiger partial charge in [-0.1, -0.05) is 43.0 Å². The van der Waals surface area contributed by atoms with E-state index in [-0.39, 0.29) is 36.5 Å². The minimum Gasteiger partial charge on any atom is -0.494 e. The number of rotatable bonds is 10. The molecule has 0 aromatic heterocycles. The van der Waals surface area contributed by atoms with Crippen molar-refractivity contribution in [1.29, 1.82) is 0 Å². The van der Waals surface area contributed by atoms with Crippen LogP contribution in [0.1, 0.15) is 49.7 Å². The maximum Gasteiger partial charge on any atom is 0.166 e. The molecule has 0 N–H and O–H groups in total. The highest BCUT2D eigenvalue weighted by Crippen LogP contribution is 2.38. The average Bonchev–Trinajstić information content (AvgIpc) is 2.90. The Morgan fingerprint density at radius 1 is 0.889 bits per heavy atom. The normalized spacial score (nSPS) is 17.6. The maximum atomic E-state index is 15.1. The molecule has 36 heavy (non-hydrogen) atoms. The van der Waals surface area contributed by atoms with Gasteiger partial charge in [-0.2, -0.15) is 0 Å².